The van der Waals surface area contributed by atoms with Crippen LogP contribution in [-0.4, -0.2) is 39.8 Å². The van der Waals surface area contributed by atoms with Crippen LogP contribution in [0.1, 0.15) is 42.3 Å². The number of phenolic OH excluding ortho intramolecular Hbond substituents is 2. The standard InChI is InChI=1S/C20H25N3O3/c1-4-23(5-2)13-16-12-15(10-11-18(16)24)14(3)21-22-20(26)17-8-6-7-9-19(17)25/h6-12,24-25H,4-5,13H2,1-3H3,(H,22,26)/b21-14+. The van der Waals surface area contributed by atoms with E-state index in [1.165, 1.54) is 12.1 Å². The molecule has 0 bridgehead atoms. The lowest BCUT2D eigenvalue weighted by Gasteiger charge is -2.19. The lowest BCUT2D eigenvalue weighted by Crippen LogP contribution is -2.22. The molecule has 0 unspecified atom stereocenters. The van der Waals surface area contributed by atoms with Crippen molar-refractivity contribution >= 4 is 11.6 Å². The Bertz CT molecular complexity index is 799. The fraction of sp³-hybridized carbons (Fsp3) is 0.300. The van der Waals surface area contributed by atoms with E-state index >= 15 is 0 Å². The normalized spacial score (nSPS) is 11.6. The second kappa shape index (κ2) is 9.01. The number of aromatic hydroxyl groups is 2. The maximum atomic E-state index is 12.1. The van der Waals surface area contributed by atoms with Gasteiger partial charge in [-0.25, -0.2) is 5.43 Å². The lowest BCUT2D eigenvalue weighted by atomic mass is 10.1. The summed E-state index contributed by atoms with van der Waals surface area (Å²) < 4.78 is 0. The molecule has 6 nitrogen and oxygen atoms in total. The molecule has 0 aliphatic heterocycles. The molecule has 0 saturated heterocycles. The summed E-state index contributed by atoms with van der Waals surface area (Å²) in [6.07, 6.45) is 0. The number of carbonyl (C=O) groups is 1. The van der Waals surface area contributed by atoms with Crippen LogP contribution in [0.25, 0.3) is 0 Å². The molecule has 138 valence electrons. The van der Waals surface area contributed by atoms with E-state index in [4.69, 9.17) is 0 Å². The third-order valence-corrected chi connectivity index (χ3v) is 4.26. The Labute approximate surface area is 153 Å². The van der Waals surface area contributed by atoms with Crippen molar-refractivity contribution in [2.24, 2.45) is 5.10 Å². The van der Waals surface area contributed by atoms with E-state index in [1.54, 1.807) is 31.2 Å². The molecule has 0 aliphatic carbocycles. The topological polar surface area (TPSA) is 85.2 Å². The molecule has 0 fully saturated rings. The molecule has 2 aromatic rings. The highest BCUT2D eigenvalue weighted by molar-refractivity contribution is 6.01. The summed E-state index contributed by atoms with van der Waals surface area (Å²) in [5.41, 5.74) is 4.84. The van der Waals surface area contributed by atoms with E-state index in [9.17, 15) is 15.0 Å². The highest BCUT2D eigenvalue weighted by Gasteiger charge is 2.11. The molecule has 0 saturated carbocycles. The van der Waals surface area contributed by atoms with E-state index in [-0.39, 0.29) is 17.1 Å². The summed E-state index contributed by atoms with van der Waals surface area (Å²) in [6, 6.07) is 11.6. The summed E-state index contributed by atoms with van der Waals surface area (Å²) in [5.74, 6) is -0.333. The molecule has 2 rings (SSSR count). The van der Waals surface area contributed by atoms with Gasteiger partial charge in [0.2, 0.25) is 0 Å². The van der Waals surface area contributed by atoms with E-state index in [2.05, 4.69) is 29.3 Å². The van der Waals surface area contributed by atoms with Crippen molar-refractivity contribution in [3.63, 3.8) is 0 Å². The Morgan fingerprint density at radius 2 is 1.77 bits per heavy atom. The van der Waals surface area contributed by atoms with E-state index < -0.39 is 5.91 Å². The van der Waals surface area contributed by atoms with Gasteiger partial charge in [-0.05, 0) is 55.9 Å². The van der Waals surface area contributed by atoms with Crippen LogP contribution in [0.5, 0.6) is 11.5 Å². The molecule has 0 atom stereocenters. The van der Waals surface area contributed by atoms with Crippen LogP contribution < -0.4 is 5.43 Å². The number of nitrogens with one attached hydrogen (secondary N) is 1. The van der Waals surface area contributed by atoms with Crippen molar-refractivity contribution in [1.29, 1.82) is 0 Å². The molecule has 1 amide bonds. The van der Waals surface area contributed by atoms with Gasteiger partial charge in [-0.1, -0.05) is 26.0 Å². The van der Waals surface area contributed by atoms with Crippen molar-refractivity contribution in [3.05, 3.63) is 59.2 Å². The lowest BCUT2D eigenvalue weighted by molar-refractivity contribution is 0.0952. The Balaban J connectivity index is 2.16. The number of hydrogen-bond donors (Lipinski definition) is 3. The minimum Gasteiger partial charge on any atom is -0.508 e. The summed E-state index contributed by atoms with van der Waals surface area (Å²) >= 11 is 0. The Kier molecular flexibility index (Phi) is 6.74. The molecule has 3 N–H and O–H groups in total. The van der Waals surface area contributed by atoms with Crippen molar-refractivity contribution in [3.8, 4) is 11.5 Å². The second-order valence-corrected chi connectivity index (χ2v) is 5.96. The van der Waals surface area contributed by atoms with Crippen molar-refractivity contribution in [1.82, 2.24) is 10.3 Å². The minimum absolute atomic E-state index is 0.0935. The fourth-order valence-electron chi connectivity index (χ4n) is 2.55. The molecule has 0 aromatic heterocycles. The monoisotopic (exact) mass is 355 g/mol. The van der Waals surface area contributed by atoms with Crippen molar-refractivity contribution in [2.45, 2.75) is 27.3 Å². The zero-order valence-electron chi connectivity index (χ0n) is 15.4. The molecule has 0 radical (unpaired) electrons. The van der Waals surface area contributed by atoms with Gasteiger partial charge in [-0.3, -0.25) is 9.69 Å². The third kappa shape index (κ3) is 4.83. The zero-order valence-corrected chi connectivity index (χ0v) is 15.4. The van der Waals surface area contributed by atoms with Gasteiger partial charge in [-0.15, -0.1) is 0 Å². The predicted molar refractivity (Wildman–Crippen MR) is 103 cm³/mol. The fourth-order valence-corrected chi connectivity index (χ4v) is 2.55. The number of hydrazone groups is 1. The Hall–Kier alpha value is -2.86. The number of amides is 1. The van der Waals surface area contributed by atoms with Crippen LogP contribution in [0, 0.1) is 0 Å². The Morgan fingerprint density at radius 3 is 2.42 bits per heavy atom. The first-order chi connectivity index (χ1) is 12.5. The number of rotatable bonds is 7. The molecule has 0 spiro atoms. The molecule has 0 heterocycles. The van der Waals surface area contributed by atoms with Crippen LogP contribution in [0.4, 0.5) is 0 Å². The average Bonchev–Trinajstić information content (AvgIpc) is 2.65. The largest absolute Gasteiger partial charge is 0.508 e. The first-order valence-corrected chi connectivity index (χ1v) is 8.63. The van der Waals surface area contributed by atoms with Gasteiger partial charge in [0.15, 0.2) is 0 Å². The summed E-state index contributed by atoms with van der Waals surface area (Å²) in [5, 5.41) is 23.9. The number of phenols is 2. The average molecular weight is 355 g/mol. The molecule has 0 aliphatic rings. The maximum absolute atomic E-state index is 12.1. The first-order valence-electron chi connectivity index (χ1n) is 8.63. The molecule has 26 heavy (non-hydrogen) atoms. The number of hydrogen-bond acceptors (Lipinski definition) is 5. The van der Waals surface area contributed by atoms with Gasteiger partial charge in [0, 0.05) is 12.1 Å². The van der Waals surface area contributed by atoms with Gasteiger partial charge in [0.1, 0.15) is 11.5 Å². The van der Waals surface area contributed by atoms with Crippen LogP contribution in [0.3, 0.4) is 0 Å². The summed E-state index contributed by atoms with van der Waals surface area (Å²) in [6.45, 7) is 8.36. The highest BCUT2D eigenvalue weighted by atomic mass is 16.3. The summed E-state index contributed by atoms with van der Waals surface area (Å²) in [7, 11) is 0. The number of carbonyl (C=O) groups excluding carboxylic acids is 1. The highest BCUT2D eigenvalue weighted by Crippen LogP contribution is 2.21. The zero-order chi connectivity index (χ0) is 19.1. The maximum Gasteiger partial charge on any atom is 0.275 e. The van der Waals surface area contributed by atoms with Gasteiger partial charge in [0.05, 0.1) is 11.3 Å². The minimum atomic E-state index is -0.482. The number of para-hydroxylation sites is 1. The predicted octanol–water partition coefficient (Wildman–Crippen LogP) is 3.09. The van der Waals surface area contributed by atoms with Crippen LogP contribution in [-0.2, 0) is 6.54 Å². The van der Waals surface area contributed by atoms with Gasteiger partial charge in [0.25, 0.3) is 5.91 Å². The third-order valence-electron chi connectivity index (χ3n) is 4.26. The van der Waals surface area contributed by atoms with Crippen LogP contribution in [0.15, 0.2) is 47.6 Å². The SMILES string of the molecule is CCN(CC)Cc1cc(/C(C)=N/NC(=O)c2ccccc2O)ccc1O. The van der Waals surface area contributed by atoms with Gasteiger partial charge < -0.3 is 10.2 Å². The van der Waals surface area contributed by atoms with E-state index in [1.807, 2.05) is 6.07 Å². The number of nitrogens with zero attached hydrogens (tertiary/aromatic N) is 2. The van der Waals surface area contributed by atoms with Crippen LogP contribution in [0.2, 0.25) is 0 Å². The first kappa shape index (κ1) is 19.5. The molecule has 6 heteroatoms. The van der Waals surface area contributed by atoms with Crippen molar-refractivity contribution < 1.29 is 15.0 Å². The Morgan fingerprint density at radius 1 is 1.08 bits per heavy atom. The van der Waals surface area contributed by atoms with E-state index in [0.29, 0.717) is 12.3 Å². The van der Waals surface area contributed by atoms with Crippen molar-refractivity contribution in [2.75, 3.05) is 13.1 Å². The molecule has 2 aromatic carbocycles. The second-order valence-electron chi connectivity index (χ2n) is 5.96. The van der Waals surface area contributed by atoms with Crippen LogP contribution >= 0.6 is 0 Å². The quantitative estimate of drug-likeness (QED) is 0.526. The molecular formula is C20H25N3O3. The van der Waals surface area contributed by atoms with Gasteiger partial charge >= 0.3 is 0 Å². The van der Waals surface area contributed by atoms with Gasteiger partial charge in [-0.2, -0.15) is 5.10 Å². The molecular weight excluding hydrogens is 330 g/mol. The van der Waals surface area contributed by atoms with E-state index in [0.717, 1.165) is 24.2 Å². The number of benzene rings is 2. The smallest absolute Gasteiger partial charge is 0.275 e. The summed E-state index contributed by atoms with van der Waals surface area (Å²) in [4.78, 5) is 14.3.